The van der Waals surface area contributed by atoms with Crippen LogP contribution in [0.5, 0.6) is 0 Å². The summed E-state index contributed by atoms with van der Waals surface area (Å²) in [5.41, 5.74) is -1.40. The van der Waals surface area contributed by atoms with Crippen LogP contribution in [-0.4, -0.2) is 46.0 Å². The van der Waals surface area contributed by atoms with Crippen molar-refractivity contribution >= 4 is 22.6 Å². The van der Waals surface area contributed by atoms with Crippen molar-refractivity contribution in [1.82, 2.24) is 15.1 Å². The van der Waals surface area contributed by atoms with E-state index < -0.39 is 17.4 Å². The third kappa shape index (κ3) is 3.43. The topological polar surface area (TPSA) is 111 Å². The molecule has 24 heavy (non-hydrogen) atoms. The Hall–Kier alpha value is -2.74. The van der Waals surface area contributed by atoms with Crippen molar-refractivity contribution in [2.45, 2.75) is 18.9 Å². The standard InChI is InChI=1S/C16H19N3O5/c1-16(9-24-3,15(22)23)17-13(20)8-12-10-6-4-5-7-11(10)14(21)19(2)18-12/h4-7H,8-9H2,1-3H3,(H,17,20)(H,22,23). The number of nitrogens with zero attached hydrogens (tertiary/aromatic N) is 2. The van der Waals surface area contributed by atoms with Crippen LogP contribution in [0.2, 0.25) is 0 Å². The molecule has 2 aromatic rings. The Labute approximate surface area is 138 Å². The first kappa shape index (κ1) is 17.6. The third-order valence-corrected chi connectivity index (χ3v) is 3.68. The molecular weight excluding hydrogens is 314 g/mol. The Kier molecular flexibility index (Phi) is 4.99. The lowest BCUT2D eigenvalue weighted by molar-refractivity contribution is -0.149. The van der Waals surface area contributed by atoms with Crippen molar-refractivity contribution in [2.24, 2.45) is 7.05 Å². The minimum absolute atomic E-state index is 0.152. The summed E-state index contributed by atoms with van der Waals surface area (Å²) >= 11 is 0. The Balaban J connectivity index is 2.33. The molecule has 0 saturated carbocycles. The summed E-state index contributed by atoms with van der Waals surface area (Å²) in [6.45, 7) is 1.19. The van der Waals surface area contributed by atoms with Gasteiger partial charge in [-0.15, -0.1) is 0 Å². The van der Waals surface area contributed by atoms with E-state index in [-0.39, 0.29) is 18.6 Å². The number of benzene rings is 1. The second-order valence-electron chi connectivity index (χ2n) is 5.72. The first-order valence-electron chi connectivity index (χ1n) is 7.27. The number of methoxy groups -OCH3 is 1. The number of carbonyl (C=O) groups is 2. The zero-order valence-electron chi connectivity index (χ0n) is 13.7. The first-order chi connectivity index (χ1) is 11.3. The predicted molar refractivity (Wildman–Crippen MR) is 86.7 cm³/mol. The highest BCUT2D eigenvalue weighted by Gasteiger charge is 2.35. The Bertz CT molecular complexity index is 845. The number of aliphatic carboxylic acids is 1. The number of ether oxygens (including phenoxy) is 1. The number of fused-ring (bicyclic) bond motifs is 1. The van der Waals surface area contributed by atoms with Crippen LogP contribution in [-0.2, 0) is 27.8 Å². The summed E-state index contributed by atoms with van der Waals surface area (Å²) in [7, 11) is 2.86. The van der Waals surface area contributed by atoms with Gasteiger partial charge >= 0.3 is 5.97 Å². The van der Waals surface area contributed by atoms with Crippen molar-refractivity contribution < 1.29 is 19.4 Å². The van der Waals surface area contributed by atoms with Crippen LogP contribution < -0.4 is 10.9 Å². The van der Waals surface area contributed by atoms with Gasteiger partial charge < -0.3 is 15.2 Å². The number of aryl methyl sites for hydroxylation is 1. The van der Waals surface area contributed by atoms with Crippen molar-refractivity contribution in [2.75, 3.05) is 13.7 Å². The van der Waals surface area contributed by atoms with E-state index in [9.17, 15) is 19.5 Å². The molecule has 1 aromatic heterocycles. The number of hydrogen-bond donors (Lipinski definition) is 2. The molecule has 1 aromatic carbocycles. The zero-order valence-corrected chi connectivity index (χ0v) is 13.7. The van der Waals surface area contributed by atoms with E-state index in [1.807, 2.05) is 0 Å². The Morgan fingerprint density at radius 3 is 2.54 bits per heavy atom. The summed E-state index contributed by atoms with van der Waals surface area (Å²) in [6, 6.07) is 6.84. The molecule has 1 unspecified atom stereocenters. The maximum absolute atomic E-state index is 12.3. The summed E-state index contributed by atoms with van der Waals surface area (Å²) in [6.07, 6.45) is -0.152. The molecule has 2 rings (SSSR count). The van der Waals surface area contributed by atoms with Crippen LogP contribution >= 0.6 is 0 Å². The average molecular weight is 333 g/mol. The quantitative estimate of drug-likeness (QED) is 0.775. The van der Waals surface area contributed by atoms with E-state index >= 15 is 0 Å². The fourth-order valence-electron chi connectivity index (χ4n) is 2.45. The van der Waals surface area contributed by atoms with Crippen LogP contribution in [0.15, 0.2) is 29.1 Å². The summed E-state index contributed by atoms with van der Waals surface area (Å²) in [4.78, 5) is 35.7. The molecule has 0 fully saturated rings. The molecule has 0 saturated heterocycles. The van der Waals surface area contributed by atoms with E-state index in [2.05, 4.69) is 10.4 Å². The van der Waals surface area contributed by atoms with E-state index in [1.54, 1.807) is 24.3 Å². The second-order valence-corrected chi connectivity index (χ2v) is 5.72. The highest BCUT2D eigenvalue weighted by molar-refractivity contribution is 5.91. The minimum atomic E-state index is -1.54. The molecular formula is C16H19N3O5. The van der Waals surface area contributed by atoms with Crippen molar-refractivity contribution in [1.29, 1.82) is 0 Å². The van der Waals surface area contributed by atoms with Gasteiger partial charge in [0.1, 0.15) is 0 Å². The molecule has 0 aliphatic carbocycles. The fraction of sp³-hybridized carbons (Fsp3) is 0.375. The van der Waals surface area contributed by atoms with Crippen LogP contribution in [0.4, 0.5) is 0 Å². The molecule has 1 heterocycles. The van der Waals surface area contributed by atoms with E-state index in [1.165, 1.54) is 21.1 Å². The number of amides is 1. The van der Waals surface area contributed by atoms with Gasteiger partial charge in [-0.1, -0.05) is 18.2 Å². The van der Waals surface area contributed by atoms with Crippen molar-refractivity contribution in [3.05, 3.63) is 40.3 Å². The number of carbonyl (C=O) groups excluding carboxylic acids is 1. The third-order valence-electron chi connectivity index (χ3n) is 3.68. The van der Waals surface area contributed by atoms with Gasteiger partial charge in [-0.05, 0) is 13.0 Å². The molecule has 128 valence electrons. The van der Waals surface area contributed by atoms with Gasteiger partial charge in [0.15, 0.2) is 5.54 Å². The monoisotopic (exact) mass is 333 g/mol. The van der Waals surface area contributed by atoms with Crippen molar-refractivity contribution in [3.8, 4) is 0 Å². The smallest absolute Gasteiger partial charge is 0.331 e. The molecule has 8 nitrogen and oxygen atoms in total. The highest BCUT2D eigenvalue weighted by atomic mass is 16.5. The van der Waals surface area contributed by atoms with Gasteiger partial charge in [-0.2, -0.15) is 5.10 Å². The molecule has 0 spiro atoms. The largest absolute Gasteiger partial charge is 0.479 e. The Morgan fingerprint density at radius 1 is 1.33 bits per heavy atom. The highest BCUT2D eigenvalue weighted by Crippen LogP contribution is 2.14. The summed E-state index contributed by atoms with van der Waals surface area (Å²) in [5.74, 6) is -1.72. The van der Waals surface area contributed by atoms with Crippen LogP contribution in [0, 0.1) is 0 Å². The van der Waals surface area contributed by atoms with Gasteiger partial charge in [-0.25, -0.2) is 9.48 Å². The first-order valence-corrected chi connectivity index (χ1v) is 7.27. The molecule has 0 radical (unpaired) electrons. The maximum Gasteiger partial charge on any atom is 0.331 e. The van der Waals surface area contributed by atoms with Crippen LogP contribution in [0.1, 0.15) is 12.6 Å². The number of aromatic nitrogens is 2. The molecule has 8 heteroatoms. The minimum Gasteiger partial charge on any atom is -0.479 e. The SMILES string of the molecule is COCC(C)(NC(=O)Cc1nn(C)c(=O)c2ccccc12)C(=O)O. The summed E-state index contributed by atoms with van der Waals surface area (Å²) < 4.78 is 6.03. The molecule has 0 bridgehead atoms. The normalized spacial score (nSPS) is 13.5. The number of hydrogen-bond acceptors (Lipinski definition) is 5. The fourth-order valence-corrected chi connectivity index (χ4v) is 2.45. The zero-order chi connectivity index (χ0) is 17.9. The molecule has 0 aliphatic rings. The predicted octanol–water partition coefficient (Wildman–Crippen LogP) is 0.0819. The van der Waals surface area contributed by atoms with Gasteiger partial charge in [0.25, 0.3) is 5.56 Å². The molecule has 2 N–H and O–H groups in total. The maximum atomic E-state index is 12.3. The average Bonchev–Trinajstić information content (AvgIpc) is 2.52. The van der Waals surface area contributed by atoms with E-state index in [0.717, 1.165) is 4.68 Å². The van der Waals surface area contributed by atoms with Crippen LogP contribution in [0.25, 0.3) is 10.8 Å². The lowest BCUT2D eigenvalue weighted by Gasteiger charge is -2.25. The number of carboxylic acids is 1. The van der Waals surface area contributed by atoms with E-state index in [4.69, 9.17) is 4.74 Å². The molecule has 1 atom stereocenters. The number of rotatable bonds is 6. The second kappa shape index (κ2) is 6.79. The van der Waals surface area contributed by atoms with Crippen LogP contribution in [0.3, 0.4) is 0 Å². The van der Waals surface area contributed by atoms with Gasteiger partial charge in [0.05, 0.1) is 24.1 Å². The van der Waals surface area contributed by atoms with Crippen molar-refractivity contribution in [3.63, 3.8) is 0 Å². The van der Waals surface area contributed by atoms with Gasteiger partial charge in [0, 0.05) is 19.5 Å². The lowest BCUT2D eigenvalue weighted by Crippen LogP contribution is -2.55. The van der Waals surface area contributed by atoms with Gasteiger partial charge in [-0.3, -0.25) is 9.59 Å². The van der Waals surface area contributed by atoms with E-state index in [0.29, 0.717) is 16.5 Å². The summed E-state index contributed by atoms with van der Waals surface area (Å²) in [5, 5.41) is 16.9. The molecule has 0 aliphatic heterocycles. The van der Waals surface area contributed by atoms with Gasteiger partial charge in [0.2, 0.25) is 5.91 Å². The Morgan fingerprint density at radius 2 is 1.96 bits per heavy atom. The molecule has 1 amide bonds. The number of nitrogens with one attached hydrogen (secondary N) is 1. The lowest BCUT2D eigenvalue weighted by atomic mass is 10.0. The number of carboxylic acid groups (broad SMARTS) is 1.